The Bertz CT molecular complexity index is 587. The van der Waals surface area contributed by atoms with E-state index in [1.165, 1.54) is 167 Å². The lowest BCUT2D eigenvalue weighted by Crippen LogP contribution is -2.50. The maximum Gasteiger partial charge on any atom is 0.220 e. The Balaban J connectivity index is 3.62. The van der Waals surface area contributed by atoms with Gasteiger partial charge in [-0.05, 0) is 12.8 Å². The summed E-state index contributed by atoms with van der Waals surface area (Å²) in [5.41, 5.74) is 0. The zero-order chi connectivity index (χ0) is 33.1. The van der Waals surface area contributed by atoms with E-state index in [1.54, 1.807) is 0 Å². The number of nitrogens with one attached hydrogen (secondary N) is 1. The molecule has 5 nitrogen and oxygen atoms in total. The third-order valence-corrected chi connectivity index (χ3v) is 9.71. The summed E-state index contributed by atoms with van der Waals surface area (Å²) >= 11 is 0. The van der Waals surface area contributed by atoms with E-state index < -0.39 is 18.2 Å². The quantitative estimate of drug-likeness (QED) is 0.0509. The number of carbonyl (C=O) groups excluding carboxylic acids is 1. The fraction of sp³-hybridized carbons (Fsp3) is 0.975. The van der Waals surface area contributed by atoms with Gasteiger partial charge >= 0.3 is 0 Å². The molecule has 1 amide bonds. The molecule has 0 rings (SSSR count). The normalized spacial score (nSPS) is 13.6. The molecule has 0 aliphatic carbocycles. The Morgan fingerprint density at radius 1 is 0.467 bits per heavy atom. The number of unbranched alkanes of at least 4 members (excludes halogenated alkanes) is 29. The summed E-state index contributed by atoms with van der Waals surface area (Å²) in [6, 6.07) is -0.801. The highest BCUT2D eigenvalue weighted by Crippen LogP contribution is 2.17. The zero-order valence-electron chi connectivity index (χ0n) is 30.5. The highest BCUT2D eigenvalue weighted by atomic mass is 16.3. The first kappa shape index (κ1) is 44.4. The number of aliphatic hydroxyl groups excluding tert-OH is 3. The second kappa shape index (κ2) is 36.2. The standard InChI is InChI=1S/C40H81NO4/c1-3-5-7-9-11-13-15-17-19-21-23-25-27-29-31-33-35-39(44)41-37(36-42)40(45)38(43)34-32-30-28-26-24-22-20-18-16-14-12-10-8-6-4-2/h37-38,40,42-43,45H,3-36H2,1-2H3,(H,41,44). The van der Waals surface area contributed by atoms with Crippen molar-refractivity contribution in [2.45, 2.75) is 244 Å². The second-order valence-corrected chi connectivity index (χ2v) is 14.2. The predicted octanol–water partition coefficient (Wildman–Crippen LogP) is 11.1. The van der Waals surface area contributed by atoms with Crippen LogP contribution < -0.4 is 5.32 Å². The van der Waals surface area contributed by atoms with Gasteiger partial charge in [0.05, 0.1) is 18.8 Å². The van der Waals surface area contributed by atoms with Crippen LogP contribution in [0.25, 0.3) is 0 Å². The van der Waals surface area contributed by atoms with E-state index in [0.29, 0.717) is 12.8 Å². The summed E-state index contributed by atoms with van der Waals surface area (Å²) in [6.45, 7) is 4.19. The minimum atomic E-state index is -1.13. The molecule has 4 N–H and O–H groups in total. The van der Waals surface area contributed by atoms with Gasteiger partial charge < -0.3 is 20.6 Å². The molecule has 0 aliphatic rings. The lowest BCUT2D eigenvalue weighted by Gasteiger charge is -2.26. The van der Waals surface area contributed by atoms with Crippen LogP contribution >= 0.6 is 0 Å². The Kier molecular flexibility index (Phi) is 35.7. The zero-order valence-corrected chi connectivity index (χ0v) is 30.5. The average molecular weight is 640 g/mol. The summed E-state index contributed by atoms with van der Waals surface area (Å²) in [5.74, 6) is -0.141. The lowest BCUT2D eigenvalue weighted by molar-refractivity contribution is -0.124. The molecule has 0 spiro atoms. The average Bonchev–Trinajstić information content (AvgIpc) is 3.04. The molecule has 45 heavy (non-hydrogen) atoms. The first-order valence-corrected chi connectivity index (χ1v) is 20.3. The molecule has 5 heteroatoms. The van der Waals surface area contributed by atoms with Crippen LogP contribution in [0.2, 0.25) is 0 Å². The van der Waals surface area contributed by atoms with Crippen LogP contribution in [0.1, 0.15) is 226 Å². The first-order valence-electron chi connectivity index (χ1n) is 20.3. The van der Waals surface area contributed by atoms with E-state index in [2.05, 4.69) is 19.2 Å². The third kappa shape index (κ3) is 31.7. The van der Waals surface area contributed by atoms with Crippen molar-refractivity contribution in [1.29, 1.82) is 0 Å². The predicted molar refractivity (Wildman–Crippen MR) is 195 cm³/mol. The van der Waals surface area contributed by atoms with Gasteiger partial charge in [0.1, 0.15) is 6.10 Å². The molecule has 270 valence electrons. The SMILES string of the molecule is CCCCCCCCCCCCCCCCCCC(=O)NC(CO)C(O)C(O)CCCCCCCCCCCCCCCCC. The highest BCUT2D eigenvalue weighted by Gasteiger charge is 2.26. The fourth-order valence-corrected chi connectivity index (χ4v) is 6.52. The van der Waals surface area contributed by atoms with E-state index in [-0.39, 0.29) is 12.5 Å². The summed E-state index contributed by atoms with van der Waals surface area (Å²) in [7, 11) is 0. The molecule has 3 unspecified atom stereocenters. The minimum absolute atomic E-state index is 0.141. The van der Waals surface area contributed by atoms with E-state index in [0.717, 1.165) is 32.1 Å². The molecule has 0 aliphatic heterocycles. The molecule has 0 aromatic rings. The number of carbonyl (C=O) groups is 1. The molecular formula is C40H81NO4. The van der Waals surface area contributed by atoms with Crippen molar-refractivity contribution < 1.29 is 20.1 Å². The number of hydrogen-bond donors (Lipinski definition) is 4. The molecule has 0 saturated heterocycles. The fourth-order valence-electron chi connectivity index (χ4n) is 6.52. The number of amides is 1. The van der Waals surface area contributed by atoms with Gasteiger partial charge in [-0.25, -0.2) is 0 Å². The van der Waals surface area contributed by atoms with Crippen molar-refractivity contribution in [3.63, 3.8) is 0 Å². The molecule has 0 bridgehead atoms. The van der Waals surface area contributed by atoms with Crippen molar-refractivity contribution in [3.8, 4) is 0 Å². The van der Waals surface area contributed by atoms with Gasteiger partial charge in [0.15, 0.2) is 0 Å². The van der Waals surface area contributed by atoms with Crippen molar-refractivity contribution in [2.75, 3.05) is 6.61 Å². The summed E-state index contributed by atoms with van der Waals surface area (Å²) < 4.78 is 0. The van der Waals surface area contributed by atoms with Crippen LogP contribution in [0, 0.1) is 0 Å². The van der Waals surface area contributed by atoms with Crippen LogP contribution in [0.3, 0.4) is 0 Å². The van der Waals surface area contributed by atoms with Crippen LogP contribution in [-0.2, 0) is 4.79 Å². The molecule has 0 aromatic carbocycles. The first-order chi connectivity index (χ1) is 22.1. The van der Waals surface area contributed by atoms with Crippen LogP contribution in [0.15, 0.2) is 0 Å². The summed E-state index contributed by atoms with van der Waals surface area (Å²) in [6.07, 6.45) is 39.1. The summed E-state index contributed by atoms with van der Waals surface area (Å²) in [4.78, 5) is 12.4. The van der Waals surface area contributed by atoms with E-state index >= 15 is 0 Å². The van der Waals surface area contributed by atoms with Gasteiger partial charge in [-0.15, -0.1) is 0 Å². The molecule has 0 radical (unpaired) electrons. The van der Waals surface area contributed by atoms with Gasteiger partial charge in [0.2, 0.25) is 5.91 Å². The molecule has 0 heterocycles. The van der Waals surface area contributed by atoms with Crippen molar-refractivity contribution in [1.82, 2.24) is 5.32 Å². The molecule has 0 fully saturated rings. The number of rotatable bonds is 37. The van der Waals surface area contributed by atoms with Crippen LogP contribution in [0.4, 0.5) is 0 Å². The maximum absolute atomic E-state index is 12.4. The van der Waals surface area contributed by atoms with Gasteiger partial charge in [0.25, 0.3) is 0 Å². The van der Waals surface area contributed by atoms with Gasteiger partial charge in [0, 0.05) is 6.42 Å². The van der Waals surface area contributed by atoms with Crippen molar-refractivity contribution >= 4 is 5.91 Å². The van der Waals surface area contributed by atoms with E-state index in [4.69, 9.17) is 0 Å². The Labute approximate surface area is 281 Å². The van der Waals surface area contributed by atoms with Crippen molar-refractivity contribution in [3.05, 3.63) is 0 Å². The van der Waals surface area contributed by atoms with Gasteiger partial charge in [-0.1, -0.05) is 206 Å². The Morgan fingerprint density at radius 3 is 1.07 bits per heavy atom. The van der Waals surface area contributed by atoms with Crippen molar-refractivity contribution in [2.24, 2.45) is 0 Å². The molecule has 3 atom stereocenters. The molecule has 0 aromatic heterocycles. The van der Waals surface area contributed by atoms with Crippen LogP contribution in [-0.4, -0.2) is 46.1 Å². The van der Waals surface area contributed by atoms with Gasteiger partial charge in [-0.3, -0.25) is 4.79 Å². The second-order valence-electron chi connectivity index (χ2n) is 14.2. The number of aliphatic hydroxyl groups is 3. The molecule has 0 saturated carbocycles. The van der Waals surface area contributed by atoms with E-state index in [9.17, 15) is 20.1 Å². The Morgan fingerprint density at radius 2 is 0.756 bits per heavy atom. The topological polar surface area (TPSA) is 89.8 Å². The highest BCUT2D eigenvalue weighted by molar-refractivity contribution is 5.76. The number of hydrogen-bond acceptors (Lipinski definition) is 4. The monoisotopic (exact) mass is 640 g/mol. The minimum Gasteiger partial charge on any atom is -0.394 e. The maximum atomic E-state index is 12.4. The van der Waals surface area contributed by atoms with Gasteiger partial charge in [-0.2, -0.15) is 0 Å². The van der Waals surface area contributed by atoms with Crippen LogP contribution in [0.5, 0.6) is 0 Å². The smallest absolute Gasteiger partial charge is 0.220 e. The molecular weight excluding hydrogens is 558 g/mol. The largest absolute Gasteiger partial charge is 0.394 e. The summed E-state index contributed by atoms with van der Waals surface area (Å²) in [5, 5.41) is 33.5. The third-order valence-electron chi connectivity index (χ3n) is 9.71. The lowest BCUT2D eigenvalue weighted by atomic mass is 9.99. The van der Waals surface area contributed by atoms with E-state index in [1.807, 2.05) is 0 Å². The Hall–Kier alpha value is -0.650.